The van der Waals surface area contributed by atoms with Gasteiger partial charge in [-0.3, -0.25) is 0 Å². The van der Waals surface area contributed by atoms with E-state index >= 15 is 0 Å². The molecule has 3 rings (SSSR count). The van der Waals surface area contributed by atoms with Crippen molar-refractivity contribution in [1.82, 2.24) is 9.55 Å². The molecular weight excluding hydrogens is 302 g/mol. The third kappa shape index (κ3) is 2.24. The zero-order valence-corrected chi connectivity index (χ0v) is 12.1. The van der Waals surface area contributed by atoms with Crippen LogP contribution >= 0.6 is 15.9 Å². The van der Waals surface area contributed by atoms with Crippen molar-refractivity contribution in [2.24, 2.45) is 0 Å². The van der Waals surface area contributed by atoms with E-state index in [1.54, 1.807) is 0 Å². The average molecular weight is 316 g/mol. The molecule has 2 aromatic carbocycles. The zero-order valence-electron chi connectivity index (χ0n) is 10.5. The first-order valence-electron chi connectivity index (χ1n) is 6.12. The van der Waals surface area contributed by atoms with Crippen molar-refractivity contribution < 1.29 is 0 Å². The molecular formula is C15H14BrN3. The molecule has 4 heteroatoms. The van der Waals surface area contributed by atoms with E-state index in [4.69, 9.17) is 5.73 Å². The van der Waals surface area contributed by atoms with Gasteiger partial charge in [0.05, 0.1) is 23.4 Å². The Morgan fingerprint density at radius 1 is 1.16 bits per heavy atom. The Labute approximate surface area is 120 Å². The summed E-state index contributed by atoms with van der Waals surface area (Å²) in [5.41, 5.74) is 9.81. The normalized spacial score (nSPS) is 12.7. The minimum Gasteiger partial charge on any atom is -0.399 e. The van der Waals surface area contributed by atoms with Gasteiger partial charge in [-0.05, 0) is 42.8 Å². The van der Waals surface area contributed by atoms with E-state index in [0.717, 1.165) is 21.2 Å². The molecule has 1 atom stereocenters. The second-order valence-corrected chi connectivity index (χ2v) is 5.54. The molecule has 1 unspecified atom stereocenters. The maximum atomic E-state index is 5.78. The van der Waals surface area contributed by atoms with Crippen LogP contribution in [0.2, 0.25) is 0 Å². The number of hydrogen-bond acceptors (Lipinski definition) is 2. The van der Waals surface area contributed by atoms with Crippen LogP contribution in [0.3, 0.4) is 0 Å². The van der Waals surface area contributed by atoms with Gasteiger partial charge in [0.2, 0.25) is 0 Å². The highest BCUT2D eigenvalue weighted by Gasteiger charge is 2.11. The number of nitrogens with two attached hydrogens (primary N) is 1. The molecule has 1 heterocycles. The molecule has 2 N–H and O–H groups in total. The number of imidazole rings is 1. The fourth-order valence-corrected chi connectivity index (χ4v) is 2.52. The zero-order chi connectivity index (χ0) is 13.4. The molecule has 1 aromatic heterocycles. The van der Waals surface area contributed by atoms with Gasteiger partial charge >= 0.3 is 0 Å². The van der Waals surface area contributed by atoms with E-state index in [2.05, 4.69) is 56.7 Å². The summed E-state index contributed by atoms with van der Waals surface area (Å²) in [6.45, 7) is 2.17. The van der Waals surface area contributed by atoms with Crippen LogP contribution in [0.25, 0.3) is 11.0 Å². The largest absolute Gasteiger partial charge is 0.399 e. The van der Waals surface area contributed by atoms with Crippen molar-refractivity contribution in [2.45, 2.75) is 13.0 Å². The van der Waals surface area contributed by atoms with Gasteiger partial charge in [0.25, 0.3) is 0 Å². The van der Waals surface area contributed by atoms with Crippen LogP contribution in [-0.4, -0.2) is 9.55 Å². The topological polar surface area (TPSA) is 43.8 Å². The summed E-state index contributed by atoms with van der Waals surface area (Å²) in [6.07, 6.45) is 1.87. The van der Waals surface area contributed by atoms with Gasteiger partial charge in [0.1, 0.15) is 0 Å². The Hall–Kier alpha value is -1.81. The number of benzene rings is 2. The summed E-state index contributed by atoms with van der Waals surface area (Å²) in [5.74, 6) is 0. The first kappa shape index (κ1) is 12.2. The standard InChI is InChI=1S/C15H14BrN3/c1-10(11-2-4-12(16)5-3-11)19-9-18-14-8-13(17)6-7-15(14)19/h2-10H,17H2,1H3. The molecule has 0 saturated heterocycles. The number of nitrogens with zero attached hydrogens (tertiary/aromatic N) is 2. The first-order chi connectivity index (χ1) is 9.15. The molecule has 19 heavy (non-hydrogen) atoms. The maximum Gasteiger partial charge on any atom is 0.0964 e. The minimum atomic E-state index is 0.238. The number of hydrogen-bond donors (Lipinski definition) is 1. The smallest absolute Gasteiger partial charge is 0.0964 e. The van der Waals surface area contributed by atoms with Gasteiger partial charge < -0.3 is 10.3 Å². The number of anilines is 1. The van der Waals surface area contributed by atoms with Crippen molar-refractivity contribution in [1.29, 1.82) is 0 Å². The lowest BCUT2D eigenvalue weighted by atomic mass is 10.1. The molecule has 0 spiro atoms. The molecule has 3 nitrogen and oxygen atoms in total. The fraction of sp³-hybridized carbons (Fsp3) is 0.133. The number of nitrogen functional groups attached to an aromatic ring is 1. The molecule has 96 valence electrons. The monoisotopic (exact) mass is 315 g/mol. The second-order valence-electron chi connectivity index (χ2n) is 4.63. The van der Waals surface area contributed by atoms with E-state index in [1.165, 1.54) is 5.56 Å². The van der Waals surface area contributed by atoms with Crippen LogP contribution in [0.4, 0.5) is 5.69 Å². The lowest BCUT2D eigenvalue weighted by Crippen LogP contribution is -2.05. The second kappa shape index (κ2) is 4.70. The lowest BCUT2D eigenvalue weighted by Gasteiger charge is -2.15. The summed E-state index contributed by atoms with van der Waals surface area (Å²) < 4.78 is 3.25. The van der Waals surface area contributed by atoms with E-state index in [0.29, 0.717) is 0 Å². The average Bonchev–Trinajstić information content (AvgIpc) is 2.81. The summed E-state index contributed by atoms with van der Waals surface area (Å²) in [5, 5.41) is 0. The predicted molar refractivity (Wildman–Crippen MR) is 82.1 cm³/mol. The predicted octanol–water partition coefficient (Wildman–Crippen LogP) is 3.99. The Kier molecular flexibility index (Phi) is 3.03. The van der Waals surface area contributed by atoms with E-state index in [-0.39, 0.29) is 6.04 Å². The van der Waals surface area contributed by atoms with Crippen LogP contribution in [0, 0.1) is 0 Å². The molecule has 0 amide bonds. The minimum absolute atomic E-state index is 0.238. The quantitative estimate of drug-likeness (QED) is 0.727. The van der Waals surface area contributed by atoms with Crippen LogP contribution in [0.15, 0.2) is 53.3 Å². The van der Waals surface area contributed by atoms with E-state index in [1.807, 2.05) is 24.5 Å². The molecule has 0 aliphatic rings. The molecule has 0 radical (unpaired) electrons. The molecule has 0 aliphatic heterocycles. The summed E-state index contributed by atoms with van der Waals surface area (Å²) >= 11 is 3.46. The summed E-state index contributed by atoms with van der Waals surface area (Å²) in [4.78, 5) is 4.42. The van der Waals surface area contributed by atoms with Crippen LogP contribution in [0.5, 0.6) is 0 Å². The molecule has 0 aliphatic carbocycles. The van der Waals surface area contributed by atoms with E-state index < -0.39 is 0 Å². The van der Waals surface area contributed by atoms with Gasteiger partial charge in [-0.15, -0.1) is 0 Å². The third-order valence-corrected chi connectivity index (χ3v) is 3.90. The summed E-state index contributed by atoms with van der Waals surface area (Å²) in [6, 6.07) is 14.4. The van der Waals surface area contributed by atoms with Crippen LogP contribution in [-0.2, 0) is 0 Å². The summed E-state index contributed by atoms with van der Waals surface area (Å²) in [7, 11) is 0. The maximum absolute atomic E-state index is 5.78. The van der Waals surface area contributed by atoms with Crippen LogP contribution < -0.4 is 5.73 Å². The Morgan fingerprint density at radius 2 is 1.89 bits per heavy atom. The van der Waals surface area contributed by atoms with Gasteiger partial charge in [-0.25, -0.2) is 4.98 Å². The number of aromatic nitrogens is 2. The van der Waals surface area contributed by atoms with Crippen molar-refractivity contribution in [2.75, 3.05) is 5.73 Å². The SMILES string of the molecule is CC(c1ccc(Br)cc1)n1cnc2cc(N)ccc21. The van der Waals surface area contributed by atoms with Gasteiger partial charge in [0.15, 0.2) is 0 Å². The van der Waals surface area contributed by atoms with Gasteiger partial charge in [-0.1, -0.05) is 28.1 Å². The molecule has 0 bridgehead atoms. The number of halogens is 1. The number of fused-ring (bicyclic) bond motifs is 1. The molecule has 0 fully saturated rings. The molecule has 0 saturated carbocycles. The lowest BCUT2D eigenvalue weighted by molar-refractivity contribution is 0.658. The Bertz CT molecular complexity index is 716. The van der Waals surface area contributed by atoms with Crippen LogP contribution in [0.1, 0.15) is 18.5 Å². The highest BCUT2D eigenvalue weighted by Crippen LogP contribution is 2.25. The molecule has 3 aromatic rings. The fourth-order valence-electron chi connectivity index (χ4n) is 2.26. The van der Waals surface area contributed by atoms with Crippen molar-refractivity contribution in [3.8, 4) is 0 Å². The van der Waals surface area contributed by atoms with Gasteiger partial charge in [-0.2, -0.15) is 0 Å². The Morgan fingerprint density at radius 3 is 2.63 bits per heavy atom. The Balaban J connectivity index is 2.06. The van der Waals surface area contributed by atoms with Crippen molar-refractivity contribution in [3.63, 3.8) is 0 Å². The highest BCUT2D eigenvalue weighted by molar-refractivity contribution is 9.10. The highest BCUT2D eigenvalue weighted by atomic mass is 79.9. The van der Waals surface area contributed by atoms with Crippen molar-refractivity contribution in [3.05, 3.63) is 58.8 Å². The first-order valence-corrected chi connectivity index (χ1v) is 6.92. The number of rotatable bonds is 2. The van der Waals surface area contributed by atoms with E-state index in [9.17, 15) is 0 Å². The van der Waals surface area contributed by atoms with Gasteiger partial charge in [0, 0.05) is 10.2 Å². The van der Waals surface area contributed by atoms with Crippen molar-refractivity contribution >= 4 is 32.7 Å². The third-order valence-electron chi connectivity index (χ3n) is 3.37.